The molecule has 7 nitrogen and oxygen atoms in total. The molecular weight excluding hydrogens is 420 g/mol. The Kier molecular flexibility index (Phi) is 8.74. The highest BCUT2D eigenvalue weighted by molar-refractivity contribution is 5.51. The van der Waals surface area contributed by atoms with Crippen LogP contribution >= 0.6 is 0 Å². The molecule has 3 heterocycles. The van der Waals surface area contributed by atoms with Gasteiger partial charge in [-0.2, -0.15) is 0 Å². The predicted octanol–water partition coefficient (Wildman–Crippen LogP) is 3.89. The van der Waals surface area contributed by atoms with E-state index in [4.69, 9.17) is 4.74 Å². The molecule has 0 saturated heterocycles. The quantitative estimate of drug-likeness (QED) is 0.580. The van der Waals surface area contributed by atoms with Crippen molar-refractivity contribution in [2.24, 2.45) is 0 Å². The number of ether oxygens (including phenoxy) is 2. The van der Waals surface area contributed by atoms with E-state index in [2.05, 4.69) is 21.3 Å². The molecule has 3 rings (SSSR count). The lowest BCUT2D eigenvalue weighted by Gasteiger charge is -2.17. The number of aromatic nitrogens is 3. The second-order valence-electron chi connectivity index (χ2n) is 6.67. The summed E-state index contributed by atoms with van der Waals surface area (Å²) in [6.45, 7) is 9.95. The van der Waals surface area contributed by atoms with Gasteiger partial charge in [-0.05, 0) is 38.5 Å². The van der Waals surface area contributed by atoms with Crippen molar-refractivity contribution in [3.63, 3.8) is 0 Å². The van der Waals surface area contributed by atoms with Gasteiger partial charge in [0.05, 0.1) is 17.6 Å². The third-order valence-electron chi connectivity index (χ3n) is 4.34. The van der Waals surface area contributed by atoms with Crippen LogP contribution in [0.15, 0.2) is 48.0 Å². The Labute approximate surface area is 184 Å². The third-order valence-corrected chi connectivity index (χ3v) is 4.34. The Bertz CT molecular complexity index is 1150. The summed E-state index contributed by atoms with van der Waals surface area (Å²) in [6, 6.07) is 4.98. The van der Waals surface area contributed by atoms with Crippen LogP contribution in [0, 0.1) is 25.5 Å². The highest BCUT2D eigenvalue weighted by atomic mass is 19.1. The fourth-order valence-corrected chi connectivity index (χ4v) is 2.72. The largest absolute Gasteiger partial charge is 0.459 e. The summed E-state index contributed by atoms with van der Waals surface area (Å²) >= 11 is 0. The predicted molar refractivity (Wildman–Crippen MR) is 117 cm³/mol. The molecule has 32 heavy (non-hydrogen) atoms. The molecule has 0 aromatic carbocycles. The van der Waals surface area contributed by atoms with Crippen molar-refractivity contribution in [2.75, 3.05) is 13.7 Å². The van der Waals surface area contributed by atoms with Crippen molar-refractivity contribution in [3.05, 3.63) is 87.9 Å². The van der Waals surface area contributed by atoms with E-state index in [-0.39, 0.29) is 5.75 Å². The summed E-state index contributed by atoms with van der Waals surface area (Å²) in [4.78, 5) is 20.3. The van der Waals surface area contributed by atoms with Gasteiger partial charge in [-0.15, -0.1) is 0 Å². The molecule has 0 amide bonds. The molecular formula is C23H25F2N3O4. The molecule has 9 heteroatoms. The molecule has 0 radical (unpaired) electrons. The molecule has 0 saturated carbocycles. The van der Waals surface area contributed by atoms with Crippen LogP contribution in [0.5, 0.6) is 5.75 Å². The van der Waals surface area contributed by atoms with Crippen molar-refractivity contribution in [3.8, 4) is 11.4 Å². The SMILES string of the molecule is C=Cc1cc(-n2c(C)cc(OC(O)c3ncc(F)cc3F)cc2=O)c(C)cn1.CCOC. The van der Waals surface area contributed by atoms with Crippen molar-refractivity contribution in [2.45, 2.75) is 27.1 Å². The maximum Gasteiger partial charge on any atom is 0.259 e. The van der Waals surface area contributed by atoms with Gasteiger partial charge in [0.2, 0.25) is 6.29 Å². The van der Waals surface area contributed by atoms with Gasteiger partial charge in [0, 0.05) is 43.8 Å². The topological polar surface area (TPSA) is 86.5 Å². The lowest BCUT2D eigenvalue weighted by atomic mass is 10.2. The number of hydrogen-bond donors (Lipinski definition) is 1. The first-order valence-corrected chi connectivity index (χ1v) is 9.69. The number of aliphatic hydroxyl groups is 1. The van der Waals surface area contributed by atoms with E-state index in [1.807, 2.05) is 13.8 Å². The molecule has 0 fully saturated rings. The Morgan fingerprint density at radius 2 is 1.88 bits per heavy atom. The van der Waals surface area contributed by atoms with Crippen LogP contribution in [0.4, 0.5) is 8.78 Å². The number of rotatable bonds is 6. The summed E-state index contributed by atoms with van der Waals surface area (Å²) in [5.41, 5.74) is 1.64. The lowest BCUT2D eigenvalue weighted by Crippen LogP contribution is -2.22. The molecule has 0 bridgehead atoms. The van der Waals surface area contributed by atoms with Gasteiger partial charge in [-0.25, -0.2) is 13.8 Å². The zero-order valence-electron chi connectivity index (χ0n) is 18.3. The monoisotopic (exact) mass is 445 g/mol. The zero-order chi connectivity index (χ0) is 23.8. The van der Waals surface area contributed by atoms with Crippen molar-refractivity contribution < 1.29 is 23.4 Å². The fourth-order valence-electron chi connectivity index (χ4n) is 2.72. The standard InChI is InChI=1S/C20H17F2N3O3.C3H8O/c1-4-14-7-17(11(2)9-23-14)25-12(3)5-15(8-18(25)26)28-20(27)19-16(22)6-13(21)10-24-19;1-3-4-2/h4-10,20,27H,1H2,2-3H3;3H2,1-2H3. The van der Waals surface area contributed by atoms with E-state index >= 15 is 0 Å². The van der Waals surface area contributed by atoms with Crippen LogP contribution < -0.4 is 10.3 Å². The molecule has 3 aromatic heterocycles. The average Bonchev–Trinajstić information content (AvgIpc) is 2.74. The summed E-state index contributed by atoms with van der Waals surface area (Å²) in [5.74, 6) is -1.91. The van der Waals surface area contributed by atoms with Gasteiger partial charge < -0.3 is 14.6 Å². The molecule has 3 aromatic rings. The van der Waals surface area contributed by atoms with Crippen LogP contribution in [0.25, 0.3) is 11.8 Å². The normalized spacial score (nSPS) is 11.3. The fraction of sp³-hybridized carbons (Fsp3) is 0.261. The minimum absolute atomic E-state index is 0.0208. The van der Waals surface area contributed by atoms with Crippen LogP contribution in [0.3, 0.4) is 0 Å². The molecule has 170 valence electrons. The second kappa shape index (κ2) is 11.3. The van der Waals surface area contributed by atoms with Crippen LogP contribution in [-0.4, -0.2) is 33.4 Å². The van der Waals surface area contributed by atoms with Crippen LogP contribution in [0.1, 0.15) is 35.9 Å². The Morgan fingerprint density at radius 1 is 1.19 bits per heavy atom. The number of pyridine rings is 3. The highest BCUT2D eigenvalue weighted by Crippen LogP contribution is 2.23. The number of halogens is 2. The van der Waals surface area contributed by atoms with E-state index < -0.39 is 29.2 Å². The molecule has 0 aliphatic carbocycles. The van der Waals surface area contributed by atoms with E-state index in [9.17, 15) is 18.7 Å². The molecule has 1 atom stereocenters. The molecule has 0 aliphatic rings. The smallest absolute Gasteiger partial charge is 0.259 e. The van der Waals surface area contributed by atoms with Gasteiger partial charge in [0.15, 0.2) is 5.82 Å². The van der Waals surface area contributed by atoms with Crippen LogP contribution in [0.2, 0.25) is 0 Å². The van der Waals surface area contributed by atoms with Gasteiger partial charge in [-0.1, -0.05) is 6.58 Å². The molecule has 1 N–H and O–H groups in total. The van der Waals surface area contributed by atoms with E-state index in [0.29, 0.717) is 23.1 Å². The number of aliphatic hydroxyl groups excluding tert-OH is 1. The first-order chi connectivity index (χ1) is 15.2. The number of nitrogens with zero attached hydrogens (tertiary/aromatic N) is 3. The lowest BCUT2D eigenvalue weighted by molar-refractivity contribution is -0.0259. The van der Waals surface area contributed by atoms with E-state index in [1.165, 1.54) is 10.6 Å². The van der Waals surface area contributed by atoms with Crippen molar-refractivity contribution >= 4 is 6.08 Å². The third kappa shape index (κ3) is 6.05. The second-order valence-corrected chi connectivity index (χ2v) is 6.67. The molecule has 0 spiro atoms. The number of aryl methyl sites for hydroxylation is 2. The average molecular weight is 445 g/mol. The Balaban J connectivity index is 0.000000837. The number of methoxy groups -OCH3 is 1. The van der Waals surface area contributed by atoms with Gasteiger partial charge in [0.25, 0.3) is 5.56 Å². The molecule has 0 aliphatic heterocycles. The minimum atomic E-state index is -1.80. The first-order valence-electron chi connectivity index (χ1n) is 9.69. The maximum atomic E-state index is 13.7. The maximum absolute atomic E-state index is 13.7. The Morgan fingerprint density at radius 3 is 2.44 bits per heavy atom. The first kappa shape index (κ1) is 24.8. The number of hydrogen-bond acceptors (Lipinski definition) is 6. The summed E-state index contributed by atoms with van der Waals surface area (Å²) in [5, 5.41) is 10.1. The summed E-state index contributed by atoms with van der Waals surface area (Å²) in [7, 11) is 1.68. The van der Waals surface area contributed by atoms with Gasteiger partial charge in [0.1, 0.15) is 17.3 Å². The van der Waals surface area contributed by atoms with Crippen molar-refractivity contribution in [1.29, 1.82) is 0 Å². The van der Waals surface area contributed by atoms with Gasteiger partial charge in [-0.3, -0.25) is 14.3 Å². The summed E-state index contributed by atoms with van der Waals surface area (Å²) < 4.78 is 37.9. The summed E-state index contributed by atoms with van der Waals surface area (Å²) in [6.07, 6.45) is 2.17. The van der Waals surface area contributed by atoms with Crippen molar-refractivity contribution in [1.82, 2.24) is 14.5 Å². The van der Waals surface area contributed by atoms with Crippen LogP contribution in [-0.2, 0) is 4.74 Å². The van der Waals surface area contributed by atoms with E-state index in [0.717, 1.165) is 24.4 Å². The van der Waals surface area contributed by atoms with E-state index in [1.54, 1.807) is 32.4 Å². The zero-order valence-corrected chi connectivity index (χ0v) is 18.3. The van der Waals surface area contributed by atoms with Gasteiger partial charge >= 0.3 is 0 Å². The highest BCUT2D eigenvalue weighted by Gasteiger charge is 2.18. The molecule has 1 unspecified atom stereocenters. The minimum Gasteiger partial charge on any atom is -0.459 e. The Hall–Kier alpha value is -3.43.